The smallest absolute Gasteiger partial charge is 0.408 e. The van der Waals surface area contributed by atoms with E-state index in [1.807, 2.05) is 0 Å². The number of nitro groups is 1. The lowest BCUT2D eigenvalue weighted by molar-refractivity contribution is -0.387. The Morgan fingerprint density at radius 3 is 2.27 bits per heavy atom. The minimum Gasteiger partial charge on any atom is -0.481 e. The third kappa shape index (κ3) is 9.41. The number of carbonyl (C=O) groups excluding carboxylic acids is 1. The molecule has 0 unspecified atom stereocenters. The number of carboxylic acid groups (broad SMARTS) is 2. The molecule has 13 nitrogen and oxygen atoms in total. The molecule has 0 heterocycles. The molecule has 0 fully saturated rings. The Kier molecular flexibility index (Phi) is 9.73. The van der Waals surface area contributed by atoms with E-state index in [2.05, 4.69) is 5.32 Å². The molecule has 184 valence electrons. The van der Waals surface area contributed by atoms with E-state index in [1.54, 1.807) is 20.8 Å². The Hall–Kier alpha value is -3.26. The number of carboxylic acids is 2. The minimum absolute atomic E-state index is 0.115. The monoisotopic (exact) mass is 490 g/mol. The van der Waals surface area contributed by atoms with Crippen molar-refractivity contribution < 1.29 is 46.9 Å². The highest BCUT2D eigenvalue weighted by molar-refractivity contribution is 7.87. The van der Waals surface area contributed by atoms with Crippen LogP contribution in [0.15, 0.2) is 29.2 Å². The molecule has 0 saturated heterocycles. The maximum Gasteiger partial charge on any atom is 0.408 e. The van der Waals surface area contributed by atoms with Crippen LogP contribution in [0.2, 0.25) is 0 Å². The van der Waals surface area contributed by atoms with Crippen molar-refractivity contribution in [3.63, 3.8) is 0 Å². The predicted octanol–water partition coefficient (Wildman–Crippen LogP) is 2.15. The van der Waals surface area contributed by atoms with Crippen molar-refractivity contribution >= 4 is 33.8 Å². The van der Waals surface area contributed by atoms with Crippen LogP contribution in [0.1, 0.15) is 40.0 Å². The molecule has 14 heteroatoms. The summed E-state index contributed by atoms with van der Waals surface area (Å²) in [5.74, 6) is -4.07. The number of hydrogen-bond donors (Lipinski definition) is 3. The quantitative estimate of drug-likeness (QED) is 0.168. The molecule has 0 aliphatic carbocycles. The third-order valence-corrected chi connectivity index (χ3v) is 5.49. The summed E-state index contributed by atoms with van der Waals surface area (Å²) >= 11 is 0. The molecule has 1 aromatic rings. The van der Waals surface area contributed by atoms with E-state index in [0.717, 1.165) is 12.1 Å². The summed E-state index contributed by atoms with van der Waals surface area (Å²) in [5.41, 5.74) is -1.56. The average Bonchev–Trinajstić information content (AvgIpc) is 2.67. The second-order valence-electron chi connectivity index (χ2n) is 7.95. The number of para-hydroxylation sites is 1. The summed E-state index contributed by atoms with van der Waals surface area (Å²) in [6.45, 7) is 4.22. The van der Waals surface area contributed by atoms with E-state index in [4.69, 9.17) is 8.92 Å². The molecule has 0 aliphatic rings. The first-order valence-corrected chi connectivity index (χ1v) is 11.1. The summed E-state index contributed by atoms with van der Waals surface area (Å²) in [7, 11) is -4.48. The zero-order chi connectivity index (χ0) is 25.4. The largest absolute Gasteiger partial charge is 0.481 e. The fraction of sp³-hybridized carbons (Fsp3) is 0.526. The van der Waals surface area contributed by atoms with Crippen LogP contribution in [-0.2, 0) is 28.6 Å². The molecule has 3 N–H and O–H groups in total. The molecule has 33 heavy (non-hydrogen) atoms. The molecule has 1 amide bonds. The zero-order valence-corrected chi connectivity index (χ0v) is 19.0. The SMILES string of the molecule is CC(C)(C)OC(=O)N[C@@H](C[C@H](CCCOS(=O)(=O)c1ccccc1[N+](=O)[O-])C(=O)O)C(=O)O. The van der Waals surface area contributed by atoms with Crippen LogP contribution in [0.25, 0.3) is 0 Å². The van der Waals surface area contributed by atoms with Gasteiger partial charge >= 0.3 is 28.1 Å². The van der Waals surface area contributed by atoms with Gasteiger partial charge in [0.1, 0.15) is 11.6 Å². The van der Waals surface area contributed by atoms with Gasteiger partial charge in [-0.05, 0) is 46.1 Å². The molecule has 0 aromatic heterocycles. The number of alkyl carbamates (subject to hydrolysis) is 1. The van der Waals surface area contributed by atoms with Gasteiger partial charge in [-0.15, -0.1) is 0 Å². The van der Waals surface area contributed by atoms with Crippen LogP contribution in [0.5, 0.6) is 0 Å². The van der Waals surface area contributed by atoms with Gasteiger partial charge in [-0.25, -0.2) is 9.59 Å². The van der Waals surface area contributed by atoms with Gasteiger partial charge in [-0.2, -0.15) is 8.42 Å². The van der Waals surface area contributed by atoms with Gasteiger partial charge in [0.25, 0.3) is 5.69 Å². The topological polar surface area (TPSA) is 199 Å². The first-order chi connectivity index (χ1) is 15.1. The number of rotatable bonds is 12. The fourth-order valence-corrected chi connectivity index (χ4v) is 3.79. The molecule has 1 rings (SSSR count). The number of hydrogen-bond acceptors (Lipinski definition) is 9. The van der Waals surface area contributed by atoms with Gasteiger partial charge in [0, 0.05) is 6.07 Å². The Morgan fingerprint density at radius 1 is 1.15 bits per heavy atom. The van der Waals surface area contributed by atoms with Crippen LogP contribution in [0, 0.1) is 16.0 Å². The predicted molar refractivity (Wildman–Crippen MR) is 112 cm³/mol. The van der Waals surface area contributed by atoms with Crippen molar-refractivity contribution in [2.75, 3.05) is 6.61 Å². The molecular weight excluding hydrogens is 464 g/mol. The van der Waals surface area contributed by atoms with Crippen LogP contribution < -0.4 is 5.32 Å². The van der Waals surface area contributed by atoms with Crippen molar-refractivity contribution in [3.05, 3.63) is 34.4 Å². The van der Waals surface area contributed by atoms with Crippen LogP contribution in [0.3, 0.4) is 0 Å². The fourth-order valence-electron chi connectivity index (χ4n) is 2.68. The Morgan fingerprint density at radius 2 is 1.76 bits per heavy atom. The third-order valence-electron chi connectivity index (χ3n) is 4.13. The first-order valence-electron chi connectivity index (χ1n) is 9.72. The van der Waals surface area contributed by atoms with Gasteiger partial charge in [0.2, 0.25) is 0 Å². The van der Waals surface area contributed by atoms with Crippen molar-refractivity contribution in [2.24, 2.45) is 5.92 Å². The van der Waals surface area contributed by atoms with Crippen LogP contribution >= 0.6 is 0 Å². The molecule has 2 atom stereocenters. The first kappa shape index (κ1) is 27.8. The number of aliphatic carboxylic acids is 2. The second-order valence-corrected chi connectivity index (χ2v) is 9.53. The van der Waals surface area contributed by atoms with Crippen LogP contribution in [0.4, 0.5) is 10.5 Å². The van der Waals surface area contributed by atoms with E-state index < -0.39 is 74.2 Å². The lowest BCUT2D eigenvalue weighted by Gasteiger charge is -2.23. The van der Waals surface area contributed by atoms with Gasteiger partial charge in [0.15, 0.2) is 4.90 Å². The van der Waals surface area contributed by atoms with E-state index in [-0.39, 0.29) is 12.8 Å². The van der Waals surface area contributed by atoms with E-state index >= 15 is 0 Å². The maximum absolute atomic E-state index is 12.3. The minimum atomic E-state index is -4.48. The molecule has 0 spiro atoms. The molecular formula is C19H26N2O11S. The molecule has 1 aromatic carbocycles. The van der Waals surface area contributed by atoms with Gasteiger partial charge in [-0.3, -0.25) is 19.1 Å². The van der Waals surface area contributed by atoms with E-state index in [0.29, 0.717) is 0 Å². The van der Waals surface area contributed by atoms with Crippen LogP contribution in [-0.4, -0.2) is 59.8 Å². The standard InChI is InChI=1S/C19H26N2O11S/c1-19(2,3)32-18(26)20-13(17(24)25)11-12(16(22)23)7-6-10-31-33(29,30)15-9-5-4-8-14(15)21(27)28/h4-5,8-9,12-13H,6-7,10-11H2,1-3H3,(H,20,26)(H,22,23)(H,24,25)/t12-,13-/m0/s1. The molecule has 0 aliphatic heterocycles. The molecule has 0 saturated carbocycles. The average molecular weight is 490 g/mol. The number of nitrogens with zero attached hydrogens (tertiary/aromatic N) is 1. The summed E-state index contributed by atoms with van der Waals surface area (Å²) in [4.78, 5) is 44.3. The summed E-state index contributed by atoms with van der Waals surface area (Å²) in [6, 6.07) is 3.03. The number of carbonyl (C=O) groups is 3. The summed E-state index contributed by atoms with van der Waals surface area (Å²) in [5, 5.41) is 31.8. The maximum atomic E-state index is 12.3. The Balaban J connectivity index is 2.74. The normalized spacial score (nSPS) is 13.5. The van der Waals surface area contributed by atoms with E-state index in [1.165, 1.54) is 12.1 Å². The zero-order valence-electron chi connectivity index (χ0n) is 18.2. The van der Waals surface area contributed by atoms with Gasteiger partial charge in [-0.1, -0.05) is 12.1 Å². The van der Waals surface area contributed by atoms with Gasteiger partial charge in [0.05, 0.1) is 17.4 Å². The number of nitrogens with one attached hydrogen (secondary N) is 1. The van der Waals surface area contributed by atoms with Gasteiger partial charge < -0.3 is 20.3 Å². The Labute approximate surface area is 190 Å². The molecule has 0 radical (unpaired) electrons. The summed E-state index contributed by atoms with van der Waals surface area (Å²) < 4.78 is 34.3. The Bertz CT molecular complexity index is 986. The van der Waals surface area contributed by atoms with Crippen molar-refractivity contribution in [2.45, 2.75) is 56.6 Å². The lowest BCUT2D eigenvalue weighted by Crippen LogP contribution is -2.45. The summed E-state index contributed by atoms with van der Waals surface area (Å²) in [6.07, 6.45) is -1.81. The second kappa shape index (κ2) is 11.6. The highest BCUT2D eigenvalue weighted by Crippen LogP contribution is 2.25. The van der Waals surface area contributed by atoms with Crippen molar-refractivity contribution in [1.82, 2.24) is 5.32 Å². The highest BCUT2D eigenvalue weighted by atomic mass is 32.2. The number of amides is 1. The lowest BCUT2D eigenvalue weighted by atomic mass is 9.95. The highest BCUT2D eigenvalue weighted by Gasteiger charge is 2.30. The van der Waals surface area contributed by atoms with Crippen molar-refractivity contribution in [3.8, 4) is 0 Å². The van der Waals surface area contributed by atoms with Crippen molar-refractivity contribution in [1.29, 1.82) is 0 Å². The van der Waals surface area contributed by atoms with E-state index in [9.17, 15) is 43.1 Å². The number of nitro benzene ring substituents is 1. The molecule has 0 bridgehead atoms. The number of ether oxygens (including phenoxy) is 1. The number of benzene rings is 1.